The normalized spacial score (nSPS) is 15.9. The number of fused-ring (bicyclic) bond motifs is 2. The Morgan fingerprint density at radius 3 is 2.31 bits per heavy atom. The minimum atomic E-state index is -0.0708. The van der Waals surface area contributed by atoms with Crippen LogP contribution in [-0.4, -0.2) is 44.9 Å². The topological polar surface area (TPSA) is 73.5 Å². The fraction of sp³-hybridized carbons (Fsp3) is 0.270. The van der Waals surface area contributed by atoms with Crippen LogP contribution in [0, 0.1) is 0 Å². The van der Waals surface area contributed by atoms with Gasteiger partial charge in [0.1, 0.15) is 12.8 Å². The lowest BCUT2D eigenvalue weighted by molar-refractivity contribution is -0.677. The summed E-state index contributed by atoms with van der Waals surface area (Å²) in [4.78, 5) is 2.38. The second-order valence-electron chi connectivity index (χ2n) is 11.8. The van der Waals surface area contributed by atoms with E-state index in [1.54, 1.807) is 21.3 Å². The Morgan fingerprint density at radius 1 is 0.822 bits per heavy atom. The van der Waals surface area contributed by atoms with Crippen LogP contribution in [0.5, 0.6) is 46.0 Å². The van der Waals surface area contributed by atoms with Crippen LogP contribution in [0.3, 0.4) is 0 Å². The van der Waals surface area contributed by atoms with Gasteiger partial charge in [-0.2, -0.15) is 0 Å². The number of hydrogen-bond acceptors (Lipinski definition) is 7. The first-order chi connectivity index (χ1) is 21.9. The summed E-state index contributed by atoms with van der Waals surface area (Å²) in [6.07, 6.45) is 4.25. The maximum Gasteiger partial charge on any atom is 0.202 e. The second kappa shape index (κ2) is 11.5. The number of ether oxygens (including phenoxy) is 5. The van der Waals surface area contributed by atoms with Gasteiger partial charge in [0.25, 0.3) is 0 Å². The van der Waals surface area contributed by atoms with Gasteiger partial charge < -0.3 is 28.8 Å². The first kappa shape index (κ1) is 28.8. The molecule has 4 heterocycles. The van der Waals surface area contributed by atoms with Crippen molar-refractivity contribution in [3.8, 4) is 46.0 Å². The van der Waals surface area contributed by atoms with E-state index in [2.05, 4.69) is 40.8 Å². The Hall–Kier alpha value is -4.95. The molecule has 0 aliphatic carbocycles. The maximum absolute atomic E-state index is 11.6. The van der Waals surface area contributed by atoms with E-state index in [9.17, 15) is 5.11 Å². The molecular weight excluding hydrogens is 568 g/mol. The Balaban J connectivity index is 1.50. The molecule has 5 aromatic rings. The predicted octanol–water partition coefficient (Wildman–Crippen LogP) is 6.66. The monoisotopic (exact) mass is 605 g/mol. The van der Waals surface area contributed by atoms with Gasteiger partial charge >= 0.3 is 0 Å². The third-order valence-corrected chi connectivity index (χ3v) is 9.10. The average molecular weight is 606 g/mol. The van der Waals surface area contributed by atoms with E-state index in [0.717, 1.165) is 47.2 Å². The number of methoxy groups -OCH3 is 3. The predicted molar refractivity (Wildman–Crippen MR) is 172 cm³/mol. The third kappa shape index (κ3) is 5.15. The number of benzene rings is 4. The van der Waals surface area contributed by atoms with Crippen molar-refractivity contribution in [3.05, 3.63) is 101 Å². The standard InChI is InChI=1S/C37H36N2O6/c1-38-14-12-24-19-31(42-4)33-21-27(24)28(38)16-22-6-9-26(10-7-22)44-32-18-23(8-11-30(32)41-3)17-29-35-25(13-15-39(29)2)20-34(43-5)36(40)37(35)45-33/h6-11,13,15,18-21,28H,12,14,16-17H2,1-5H3/p+1/t28-/m0/s1. The number of aromatic hydroxyl groups is 1. The lowest BCUT2D eigenvalue weighted by atomic mass is 9.88. The molecule has 8 heteroatoms. The molecule has 3 aliphatic heterocycles. The fourth-order valence-electron chi connectivity index (χ4n) is 6.60. The SMILES string of the molecule is COc1ccc2cc1Oc1ccc(cc1)C[C@H]1c3cc(c(OC)cc3CCN1C)Oc1c(O)c(OC)cc3cc[n+](C)c(c13)C2. The van der Waals surface area contributed by atoms with Crippen molar-refractivity contribution in [2.45, 2.75) is 25.3 Å². The van der Waals surface area contributed by atoms with Gasteiger partial charge in [0.2, 0.25) is 5.75 Å². The molecule has 6 bridgehead atoms. The smallest absolute Gasteiger partial charge is 0.202 e. The van der Waals surface area contributed by atoms with Gasteiger partial charge in [-0.05, 0) is 84.6 Å². The van der Waals surface area contributed by atoms with Crippen molar-refractivity contribution in [1.82, 2.24) is 4.90 Å². The lowest BCUT2D eigenvalue weighted by Gasteiger charge is -2.35. The summed E-state index contributed by atoms with van der Waals surface area (Å²) in [5.74, 6) is 3.74. The number of phenols is 1. The molecule has 45 heavy (non-hydrogen) atoms. The molecule has 230 valence electrons. The first-order valence-electron chi connectivity index (χ1n) is 15.1. The maximum atomic E-state index is 11.6. The number of nitrogens with zero attached hydrogens (tertiary/aromatic N) is 2. The summed E-state index contributed by atoms with van der Waals surface area (Å²) in [7, 11) is 9.00. The van der Waals surface area contributed by atoms with E-state index in [0.29, 0.717) is 40.9 Å². The number of phenolic OH excluding ortho intramolecular Hbond substituents is 1. The van der Waals surface area contributed by atoms with E-state index in [4.69, 9.17) is 23.7 Å². The molecule has 0 unspecified atom stereocenters. The molecular formula is C37H37N2O6+. The fourth-order valence-corrected chi connectivity index (χ4v) is 6.60. The molecule has 1 atom stereocenters. The number of hydrogen-bond donors (Lipinski definition) is 1. The van der Waals surface area contributed by atoms with Crippen LogP contribution in [-0.2, 0) is 26.3 Å². The van der Waals surface area contributed by atoms with Gasteiger partial charge in [-0.15, -0.1) is 0 Å². The molecule has 0 spiro atoms. The van der Waals surface area contributed by atoms with Crippen LogP contribution < -0.4 is 28.3 Å². The molecule has 0 saturated carbocycles. The Bertz CT molecular complexity index is 1920. The van der Waals surface area contributed by atoms with E-state index in [1.807, 2.05) is 55.7 Å². The van der Waals surface area contributed by atoms with Crippen LogP contribution in [0.4, 0.5) is 0 Å². The van der Waals surface area contributed by atoms with E-state index in [-0.39, 0.29) is 11.8 Å². The summed E-state index contributed by atoms with van der Waals surface area (Å²) in [6, 6.07) is 22.4. The molecule has 0 fully saturated rings. The minimum absolute atomic E-state index is 0.0708. The van der Waals surface area contributed by atoms with Crippen molar-refractivity contribution in [2.24, 2.45) is 7.05 Å². The van der Waals surface area contributed by atoms with Crippen LogP contribution in [0.2, 0.25) is 0 Å². The summed E-state index contributed by atoms with van der Waals surface area (Å²) < 4.78 is 32.4. The summed E-state index contributed by atoms with van der Waals surface area (Å²) >= 11 is 0. The molecule has 8 nitrogen and oxygen atoms in total. The quantitative estimate of drug-likeness (QED) is 0.231. The van der Waals surface area contributed by atoms with Crippen molar-refractivity contribution >= 4 is 10.8 Å². The number of aromatic nitrogens is 1. The highest BCUT2D eigenvalue weighted by molar-refractivity contribution is 5.94. The van der Waals surface area contributed by atoms with Gasteiger partial charge in [-0.1, -0.05) is 18.2 Å². The zero-order valence-corrected chi connectivity index (χ0v) is 26.2. The van der Waals surface area contributed by atoms with Gasteiger partial charge in [0.05, 0.1) is 33.1 Å². The Labute approximate surface area is 262 Å². The zero-order chi connectivity index (χ0) is 31.2. The van der Waals surface area contributed by atoms with E-state index < -0.39 is 0 Å². The zero-order valence-electron chi connectivity index (χ0n) is 26.2. The van der Waals surface area contributed by atoms with Crippen molar-refractivity contribution in [1.29, 1.82) is 0 Å². The molecule has 0 amide bonds. The van der Waals surface area contributed by atoms with Gasteiger partial charge in [-0.3, -0.25) is 4.90 Å². The molecule has 1 aromatic heterocycles. The highest BCUT2D eigenvalue weighted by Crippen LogP contribution is 2.49. The Kier molecular flexibility index (Phi) is 7.37. The van der Waals surface area contributed by atoms with Gasteiger partial charge in [0.15, 0.2) is 46.4 Å². The lowest BCUT2D eigenvalue weighted by Crippen LogP contribution is -2.33. The van der Waals surface area contributed by atoms with Crippen LogP contribution in [0.1, 0.15) is 34.0 Å². The second-order valence-corrected chi connectivity index (χ2v) is 11.8. The highest BCUT2D eigenvalue weighted by Gasteiger charge is 2.30. The van der Waals surface area contributed by atoms with E-state index >= 15 is 0 Å². The number of aryl methyl sites for hydroxylation is 1. The van der Waals surface area contributed by atoms with Gasteiger partial charge in [-0.25, -0.2) is 4.57 Å². The highest BCUT2D eigenvalue weighted by atomic mass is 16.5. The molecule has 4 aromatic carbocycles. The summed E-state index contributed by atoms with van der Waals surface area (Å²) in [5, 5.41) is 13.3. The third-order valence-electron chi connectivity index (χ3n) is 9.10. The number of pyridine rings is 1. The minimum Gasteiger partial charge on any atom is -0.502 e. The van der Waals surface area contributed by atoms with Crippen LogP contribution >= 0.6 is 0 Å². The summed E-state index contributed by atoms with van der Waals surface area (Å²) in [6.45, 7) is 0.930. The van der Waals surface area contributed by atoms with E-state index in [1.165, 1.54) is 16.7 Å². The largest absolute Gasteiger partial charge is 0.502 e. The Morgan fingerprint density at radius 2 is 1.56 bits per heavy atom. The molecule has 8 rings (SSSR count). The van der Waals surface area contributed by atoms with Crippen molar-refractivity contribution < 1.29 is 33.4 Å². The molecule has 0 radical (unpaired) electrons. The molecule has 0 saturated heterocycles. The van der Waals surface area contributed by atoms with Gasteiger partial charge in [0, 0.05) is 24.0 Å². The van der Waals surface area contributed by atoms with Crippen LogP contribution in [0.25, 0.3) is 10.8 Å². The molecule has 3 aliphatic rings. The van der Waals surface area contributed by atoms with Crippen LogP contribution in [0.15, 0.2) is 72.9 Å². The number of likely N-dealkylation sites (N-methyl/N-ethyl adjacent to an activating group) is 1. The molecule has 1 N–H and O–H groups in total. The summed E-state index contributed by atoms with van der Waals surface area (Å²) in [5.41, 5.74) is 5.55. The average Bonchev–Trinajstić information content (AvgIpc) is 3.05. The van der Waals surface area contributed by atoms with Crippen molar-refractivity contribution in [3.63, 3.8) is 0 Å². The first-order valence-corrected chi connectivity index (χ1v) is 15.1. The number of rotatable bonds is 3. The van der Waals surface area contributed by atoms with Crippen molar-refractivity contribution in [2.75, 3.05) is 34.9 Å².